The van der Waals surface area contributed by atoms with Gasteiger partial charge in [-0.3, -0.25) is 4.99 Å². The van der Waals surface area contributed by atoms with Gasteiger partial charge in [0.25, 0.3) is 0 Å². The fourth-order valence-electron chi connectivity index (χ4n) is 2.20. The highest BCUT2D eigenvalue weighted by atomic mass is 127. The molecule has 1 saturated heterocycles. The molecule has 2 rings (SSSR count). The molecule has 1 unspecified atom stereocenters. The highest BCUT2D eigenvalue weighted by Gasteiger charge is 2.21. The molecule has 4 nitrogen and oxygen atoms in total. The summed E-state index contributed by atoms with van der Waals surface area (Å²) in [6.07, 6.45) is 5.22. The van der Waals surface area contributed by atoms with Gasteiger partial charge in [0.2, 0.25) is 0 Å². The maximum atomic E-state index is 5.80. The molecule has 1 aliphatic carbocycles. The second-order valence-corrected chi connectivity index (χ2v) is 5.26. The van der Waals surface area contributed by atoms with E-state index < -0.39 is 0 Å². The number of nitrogens with zero attached hydrogens (tertiary/aromatic N) is 2. The van der Waals surface area contributed by atoms with Crippen molar-refractivity contribution >= 4 is 29.9 Å². The van der Waals surface area contributed by atoms with Crippen LogP contribution in [-0.2, 0) is 0 Å². The first-order valence-electron chi connectivity index (χ1n) is 6.53. The van der Waals surface area contributed by atoms with Crippen LogP contribution in [0.1, 0.15) is 32.6 Å². The van der Waals surface area contributed by atoms with Crippen LogP contribution in [0.4, 0.5) is 0 Å². The van der Waals surface area contributed by atoms with E-state index in [-0.39, 0.29) is 24.0 Å². The SMILES string of the molecule is CC(CN=C(N)NC1CC1)CN1CCCC1.I. The molecule has 2 aliphatic rings. The molecule has 0 bridgehead atoms. The van der Waals surface area contributed by atoms with Gasteiger partial charge >= 0.3 is 0 Å². The van der Waals surface area contributed by atoms with Crippen molar-refractivity contribution in [2.45, 2.75) is 38.6 Å². The van der Waals surface area contributed by atoms with Gasteiger partial charge in [0.15, 0.2) is 5.96 Å². The average molecular weight is 352 g/mol. The molecule has 1 saturated carbocycles. The molecule has 1 heterocycles. The lowest BCUT2D eigenvalue weighted by Crippen LogP contribution is -2.34. The largest absolute Gasteiger partial charge is 0.370 e. The molecule has 2 fully saturated rings. The number of hydrogen-bond acceptors (Lipinski definition) is 2. The van der Waals surface area contributed by atoms with Crippen molar-refractivity contribution in [1.82, 2.24) is 10.2 Å². The smallest absolute Gasteiger partial charge is 0.188 e. The minimum Gasteiger partial charge on any atom is -0.370 e. The molecular formula is C12H25IN4. The van der Waals surface area contributed by atoms with Gasteiger partial charge < -0.3 is 16.0 Å². The van der Waals surface area contributed by atoms with E-state index in [2.05, 4.69) is 22.1 Å². The van der Waals surface area contributed by atoms with Crippen LogP contribution >= 0.6 is 24.0 Å². The Morgan fingerprint density at radius 3 is 2.65 bits per heavy atom. The molecule has 0 aromatic carbocycles. The number of likely N-dealkylation sites (tertiary alicyclic amines) is 1. The topological polar surface area (TPSA) is 53.6 Å². The number of aliphatic imine (C=N–C) groups is 1. The van der Waals surface area contributed by atoms with Crippen LogP contribution in [0.25, 0.3) is 0 Å². The van der Waals surface area contributed by atoms with Crippen LogP contribution in [0.2, 0.25) is 0 Å². The van der Waals surface area contributed by atoms with Gasteiger partial charge in [-0.15, -0.1) is 24.0 Å². The fraction of sp³-hybridized carbons (Fsp3) is 0.917. The predicted octanol–water partition coefficient (Wildman–Crippen LogP) is 1.40. The summed E-state index contributed by atoms with van der Waals surface area (Å²) in [5.41, 5.74) is 5.80. The molecule has 1 aliphatic heterocycles. The summed E-state index contributed by atoms with van der Waals surface area (Å²) in [5, 5.41) is 3.22. The minimum atomic E-state index is 0. The first-order valence-corrected chi connectivity index (χ1v) is 6.53. The van der Waals surface area contributed by atoms with Crippen molar-refractivity contribution in [3.05, 3.63) is 0 Å². The van der Waals surface area contributed by atoms with E-state index in [0.717, 1.165) is 6.54 Å². The summed E-state index contributed by atoms with van der Waals surface area (Å²) in [6, 6.07) is 0.609. The molecule has 0 radical (unpaired) electrons. The molecule has 0 spiro atoms. The van der Waals surface area contributed by atoms with E-state index in [4.69, 9.17) is 5.73 Å². The Labute approximate surface area is 121 Å². The normalized spacial score (nSPS) is 23.2. The van der Waals surface area contributed by atoms with Crippen molar-refractivity contribution in [2.75, 3.05) is 26.2 Å². The molecule has 1 atom stereocenters. The van der Waals surface area contributed by atoms with Gasteiger partial charge in [-0.2, -0.15) is 0 Å². The third kappa shape index (κ3) is 5.90. The quantitative estimate of drug-likeness (QED) is 0.447. The molecule has 0 amide bonds. The van der Waals surface area contributed by atoms with Gasteiger partial charge in [0.05, 0.1) is 0 Å². The Kier molecular flexibility index (Phi) is 6.54. The van der Waals surface area contributed by atoms with Crippen LogP contribution in [0.3, 0.4) is 0 Å². The zero-order chi connectivity index (χ0) is 11.4. The molecule has 0 aromatic rings. The van der Waals surface area contributed by atoms with E-state index >= 15 is 0 Å². The number of halogens is 1. The molecule has 0 aromatic heterocycles. The average Bonchev–Trinajstić information content (AvgIpc) is 2.91. The van der Waals surface area contributed by atoms with Crippen molar-refractivity contribution in [2.24, 2.45) is 16.6 Å². The van der Waals surface area contributed by atoms with E-state index in [1.807, 2.05) is 0 Å². The Morgan fingerprint density at radius 1 is 1.41 bits per heavy atom. The number of nitrogens with one attached hydrogen (secondary N) is 1. The van der Waals surface area contributed by atoms with E-state index in [0.29, 0.717) is 17.9 Å². The zero-order valence-corrected chi connectivity index (χ0v) is 13.0. The minimum absolute atomic E-state index is 0. The van der Waals surface area contributed by atoms with E-state index in [1.165, 1.54) is 45.3 Å². The van der Waals surface area contributed by atoms with Gasteiger partial charge in [-0.25, -0.2) is 0 Å². The highest BCUT2D eigenvalue weighted by molar-refractivity contribution is 14.0. The third-order valence-electron chi connectivity index (χ3n) is 3.27. The van der Waals surface area contributed by atoms with Crippen LogP contribution < -0.4 is 11.1 Å². The fourth-order valence-corrected chi connectivity index (χ4v) is 2.20. The molecule has 100 valence electrons. The molecule has 17 heavy (non-hydrogen) atoms. The second-order valence-electron chi connectivity index (χ2n) is 5.26. The lowest BCUT2D eigenvalue weighted by Gasteiger charge is -2.18. The van der Waals surface area contributed by atoms with Gasteiger partial charge in [0.1, 0.15) is 0 Å². The summed E-state index contributed by atoms with van der Waals surface area (Å²) in [4.78, 5) is 6.94. The van der Waals surface area contributed by atoms with Crippen molar-refractivity contribution < 1.29 is 0 Å². The first kappa shape index (κ1) is 15.0. The predicted molar refractivity (Wildman–Crippen MR) is 82.9 cm³/mol. The van der Waals surface area contributed by atoms with Crippen molar-refractivity contribution in [3.8, 4) is 0 Å². The maximum Gasteiger partial charge on any atom is 0.188 e. The van der Waals surface area contributed by atoms with Crippen molar-refractivity contribution in [3.63, 3.8) is 0 Å². The summed E-state index contributed by atoms with van der Waals surface area (Å²) in [6.45, 7) is 6.81. The maximum absolute atomic E-state index is 5.80. The summed E-state index contributed by atoms with van der Waals surface area (Å²) in [7, 11) is 0. The zero-order valence-electron chi connectivity index (χ0n) is 10.7. The van der Waals surface area contributed by atoms with Crippen LogP contribution in [0.5, 0.6) is 0 Å². The molecule has 3 N–H and O–H groups in total. The van der Waals surface area contributed by atoms with Crippen LogP contribution in [0.15, 0.2) is 4.99 Å². The highest BCUT2D eigenvalue weighted by Crippen LogP contribution is 2.18. The van der Waals surface area contributed by atoms with Crippen molar-refractivity contribution in [1.29, 1.82) is 0 Å². The monoisotopic (exact) mass is 352 g/mol. The first-order chi connectivity index (χ1) is 7.74. The Balaban J connectivity index is 0.00000144. The van der Waals surface area contributed by atoms with Crippen LogP contribution in [0, 0.1) is 5.92 Å². The lowest BCUT2D eigenvalue weighted by molar-refractivity contribution is 0.291. The lowest BCUT2D eigenvalue weighted by atomic mass is 10.2. The van der Waals surface area contributed by atoms with E-state index in [1.54, 1.807) is 0 Å². The Hall–Kier alpha value is -0.0400. The van der Waals surface area contributed by atoms with Gasteiger partial charge in [-0.05, 0) is 44.7 Å². The Bertz CT molecular complexity index is 247. The molecule has 5 heteroatoms. The third-order valence-corrected chi connectivity index (χ3v) is 3.27. The number of nitrogens with two attached hydrogens (primary N) is 1. The number of hydrogen-bond donors (Lipinski definition) is 2. The van der Waals surface area contributed by atoms with Gasteiger partial charge in [-0.1, -0.05) is 6.92 Å². The Morgan fingerprint density at radius 2 is 2.06 bits per heavy atom. The van der Waals surface area contributed by atoms with E-state index in [9.17, 15) is 0 Å². The molecular weight excluding hydrogens is 327 g/mol. The number of rotatable bonds is 5. The standard InChI is InChI=1S/C12H24N4.HI/c1-10(9-16-6-2-3-7-16)8-14-12(13)15-11-4-5-11;/h10-11H,2-9H2,1H3,(H3,13,14,15);1H. The van der Waals surface area contributed by atoms with Crippen LogP contribution in [-0.4, -0.2) is 43.1 Å². The summed E-state index contributed by atoms with van der Waals surface area (Å²) >= 11 is 0. The number of guanidine groups is 1. The second kappa shape index (κ2) is 7.41. The summed E-state index contributed by atoms with van der Waals surface area (Å²) < 4.78 is 0. The summed E-state index contributed by atoms with van der Waals surface area (Å²) in [5.74, 6) is 1.24. The van der Waals surface area contributed by atoms with Gasteiger partial charge in [0, 0.05) is 19.1 Å².